The SMILES string of the molecule is C[C@H](Nc1cc(=O)n([C@H](C)COCc2ccccc2)c(=O)[nH]1)c1ccccc1. The molecule has 0 aliphatic rings. The summed E-state index contributed by atoms with van der Waals surface area (Å²) in [7, 11) is 0. The molecule has 0 saturated heterocycles. The summed E-state index contributed by atoms with van der Waals surface area (Å²) < 4.78 is 6.85. The number of nitrogens with zero attached hydrogens (tertiary/aromatic N) is 1. The summed E-state index contributed by atoms with van der Waals surface area (Å²) in [5.74, 6) is 0.403. The Kier molecular flexibility index (Phi) is 6.45. The van der Waals surface area contributed by atoms with Gasteiger partial charge in [-0.25, -0.2) is 4.79 Å². The molecule has 146 valence electrons. The van der Waals surface area contributed by atoms with Crippen LogP contribution in [0.4, 0.5) is 5.82 Å². The van der Waals surface area contributed by atoms with Gasteiger partial charge in [0.15, 0.2) is 0 Å². The molecular weight excluding hydrogens is 354 g/mol. The van der Waals surface area contributed by atoms with Crippen LogP contribution < -0.4 is 16.6 Å². The smallest absolute Gasteiger partial charge is 0.330 e. The van der Waals surface area contributed by atoms with Crippen molar-refractivity contribution in [1.82, 2.24) is 9.55 Å². The van der Waals surface area contributed by atoms with Crippen molar-refractivity contribution in [2.45, 2.75) is 32.5 Å². The molecule has 0 aliphatic heterocycles. The summed E-state index contributed by atoms with van der Waals surface area (Å²) in [6.45, 7) is 4.47. The van der Waals surface area contributed by atoms with Crippen LogP contribution in [0, 0.1) is 0 Å². The zero-order chi connectivity index (χ0) is 19.9. The van der Waals surface area contributed by atoms with E-state index in [9.17, 15) is 9.59 Å². The van der Waals surface area contributed by atoms with Crippen LogP contribution in [0.25, 0.3) is 0 Å². The van der Waals surface area contributed by atoms with E-state index in [0.29, 0.717) is 12.4 Å². The Balaban J connectivity index is 1.66. The lowest BCUT2D eigenvalue weighted by atomic mass is 10.1. The Bertz CT molecular complexity index is 966. The van der Waals surface area contributed by atoms with Crippen molar-refractivity contribution >= 4 is 5.82 Å². The van der Waals surface area contributed by atoms with Crippen molar-refractivity contribution in [3.8, 4) is 0 Å². The van der Waals surface area contributed by atoms with Crippen molar-refractivity contribution in [3.05, 3.63) is 98.7 Å². The van der Waals surface area contributed by atoms with E-state index in [4.69, 9.17) is 4.74 Å². The van der Waals surface area contributed by atoms with Gasteiger partial charge in [0.05, 0.1) is 19.3 Å². The maximum atomic E-state index is 12.5. The summed E-state index contributed by atoms with van der Waals surface area (Å²) in [5, 5.41) is 3.17. The second-order valence-corrected chi connectivity index (χ2v) is 6.82. The standard InChI is InChI=1S/C22H25N3O3/c1-16(14-28-15-18-9-5-3-6-10-18)25-21(26)13-20(24-22(25)27)23-17(2)19-11-7-4-8-12-19/h3-13,16-17,23H,14-15H2,1-2H3,(H,24,27)/t16-,17+/m1/s1. The Labute approximate surface area is 163 Å². The van der Waals surface area contributed by atoms with Crippen LogP contribution in [0.1, 0.15) is 37.1 Å². The van der Waals surface area contributed by atoms with Gasteiger partial charge in [0, 0.05) is 12.1 Å². The summed E-state index contributed by atoms with van der Waals surface area (Å²) in [4.78, 5) is 27.7. The molecular formula is C22H25N3O3. The maximum absolute atomic E-state index is 12.5. The molecule has 0 radical (unpaired) electrons. The van der Waals surface area contributed by atoms with Gasteiger partial charge in [-0.15, -0.1) is 0 Å². The number of benzene rings is 2. The zero-order valence-corrected chi connectivity index (χ0v) is 16.1. The first-order valence-corrected chi connectivity index (χ1v) is 9.33. The molecule has 0 amide bonds. The summed E-state index contributed by atoms with van der Waals surface area (Å²) in [6, 6.07) is 20.6. The van der Waals surface area contributed by atoms with Gasteiger partial charge in [-0.3, -0.25) is 14.3 Å². The molecule has 2 N–H and O–H groups in total. The molecule has 0 saturated carbocycles. The molecule has 0 unspecified atom stereocenters. The number of hydrogen-bond acceptors (Lipinski definition) is 4. The Hall–Kier alpha value is -3.12. The van der Waals surface area contributed by atoms with E-state index in [1.807, 2.05) is 67.6 Å². The lowest BCUT2D eigenvalue weighted by Crippen LogP contribution is -2.38. The van der Waals surface area contributed by atoms with E-state index in [1.54, 1.807) is 6.92 Å². The van der Waals surface area contributed by atoms with Gasteiger partial charge in [0.1, 0.15) is 5.82 Å². The summed E-state index contributed by atoms with van der Waals surface area (Å²) in [6.07, 6.45) is 0. The van der Waals surface area contributed by atoms with Gasteiger partial charge >= 0.3 is 5.69 Å². The molecule has 2 aromatic carbocycles. The monoisotopic (exact) mass is 379 g/mol. The Morgan fingerprint density at radius 2 is 1.64 bits per heavy atom. The minimum absolute atomic E-state index is 0.0428. The van der Waals surface area contributed by atoms with Crippen molar-refractivity contribution in [1.29, 1.82) is 0 Å². The number of aromatic amines is 1. The largest absolute Gasteiger partial charge is 0.375 e. The molecule has 3 rings (SSSR count). The highest BCUT2D eigenvalue weighted by molar-refractivity contribution is 5.36. The van der Waals surface area contributed by atoms with Gasteiger partial charge in [-0.05, 0) is 25.0 Å². The van der Waals surface area contributed by atoms with Crippen LogP contribution in [0.3, 0.4) is 0 Å². The van der Waals surface area contributed by atoms with Crippen LogP contribution in [0.15, 0.2) is 76.3 Å². The molecule has 28 heavy (non-hydrogen) atoms. The lowest BCUT2D eigenvalue weighted by Gasteiger charge is -2.18. The predicted molar refractivity (Wildman–Crippen MR) is 111 cm³/mol. The third-order valence-electron chi connectivity index (χ3n) is 4.55. The number of rotatable bonds is 8. The van der Waals surface area contributed by atoms with Gasteiger partial charge < -0.3 is 10.1 Å². The molecule has 6 nitrogen and oxygen atoms in total. The van der Waals surface area contributed by atoms with Crippen LogP contribution in [0.2, 0.25) is 0 Å². The van der Waals surface area contributed by atoms with Crippen molar-refractivity contribution in [2.75, 3.05) is 11.9 Å². The Morgan fingerprint density at radius 1 is 1.00 bits per heavy atom. The summed E-state index contributed by atoms with van der Waals surface area (Å²) >= 11 is 0. The number of hydrogen-bond donors (Lipinski definition) is 2. The fourth-order valence-electron chi connectivity index (χ4n) is 3.05. The molecule has 0 bridgehead atoms. The van der Waals surface area contributed by atoms with E-state index in [1.165, 1.54) is 10.6 Å². The average Bonchev–Trinajstić information content (AvgIpc) is 2.69. The highest BCUT2D eigenvalue weighted by Gasteiger charge is 2.13. The molecule has 0 spiro atoms. The first-order valence-electron chi connectivity index (χ1n) is 9.33. The molecule has 3 aromatic rings. The first kappa shape index (κ1) is 19.6. The molecule has 6 heteroatoms. The zero-order valence-electron chi connectivity index (χ0n) is 16.1. The van der Waals surface area contributed by atoms with E-state index < -0.39 is 5.69 Å². The molecule has 2 atom stereocenters. The van der Waals surface area contributed by atoms with Crippen molar-refractivity contribution in [2.24, 2.45) is 0 Å². The second-order valence-electron chi connectivity index (χ2n) is 6.82. The Morgan fingerprint density at radius 3 is 2.29 bits per heavy atom. The van der Waals surface area contributed by atoms with Crippen molar-refractivity contribution < 1.29 is 4.74 Å². The van der Waals surface area contributed by atoms with E-state index in [2.05, 4.69) is 10.3 Å². The van der Waals surface area contributed by atoms with Crippen molar-refractivity contribution in [3.63, 3.8) is 0 Å². The lowest BCUT2D eigenvalue weighted by molar-refractivity contribution is 0.0926. The highest BCUT2D eigenvalue weighted by Crippen LogP contribution is 2.16. The minimum Gasteiger partial charge on any atom is -0.375 e. The number of aromatic nitrogens is 2. The quantitative estimate of drug-likeness (QED) is 0.628. The van der Waals surface area contributed by atoms with Gasteiger partial charge in [-0.2, -0.15) is 0 Å². The van der Waals surface area contributed by atoms with E-state index in [-0.39, 0.29) is 24.2 Å². The maximum Gasteiger partial charge on any atom is 0.330 e. The number of nitrogens with one attached hydrogen (secondary N) is 2. The summed E-state index contributed by atoms with van der Waals surface area (Å²) in [5.41, 5.74) is 1.30. The third kappa shape index (κ3) is 4.98. The number of ether oxygens (including phenoxy) is 1. The average molecular weight is 379 g/mol. The highest BCUT2D eigenvalue weighted by atomic mass is 16.5. The van der Waals surface area contributed by atoms with Crippen LogP contribution in [-0.2, 0) is 11.3 Å². The molecule has 0 fully saturated rings. The molecule has 0 aliphatic carbocycles. The van der Waals surface area contributed by atoms with E-state index in [0.717, 1.165) is 11.1 Å². The normalized spacial score (nSPS) is 13.1. The van der Waals surface area contributed by atoms with Crippen LogP contribution in [0.5, 0.6) is 0 Å². The fraction of sp³-hybridized carbons (Fsp3) is 0.273. The van der Waals surface area contributed by atoms with Gasteiger partial charge in [-0.1, -0.05) is 60.7 Å². The molecule has 1 heterocycles. The minimum atomic E-state index is -0.453. The predicted octanol–water partition coefficient (Wildman–Crippen LogP) is 3.49. The van der Waals surface area contributed by atoms with E-state index >= 15 is 0 Å². The van der Waals surface area contributed by atoms with Crippen LogP contribution in [-0.4, -0.2) is 16.2 Å². The first-order chi connectivity index (χ1) is 13.5. The van der Waals surface area contributed by atoms with Crippen LogP contribution >= 0.6 is 0 Å². The fourth-order valence-corrected chi connectivity index (χ4v) is 3.05. The third-order valence-corrected chi connectivity index (χ3v) is 4.55. The number of anilines is 1. The van der Waals surface area contributed by atoms with Gasteiger partial charge in [0.25, 0.3) is 5.56 Å². The second kappa shape index (κ2) is 9.19. The topological polar surface area (TPSA) is 76.1 Å². The van der Waals surface area contributed by atoms with Gasteiger partial charge in [0.2, 0.25) is 0 Å². The number of H-pyrrole nitrogens is 1. The molecule has 1 aromatic heterocycles.